The van der Waals surface area contributed by atoms with Crippen molar-refractivity contribution in [2.24, 2.45) is 5.73 Å². The molecular weight excluding hydrogens is 257 g/mol. The predicted molar refractivity (Wildman–Crippen MR) is 76.5 cm³/mol. The third-order valence-corrected chi connectivity index (χ3v) is 3.06. The Hall–Kier alpha value is -2.07. The fraction of sp³-hybridized carbons (Fsp3) is 0.250. The Bertz CT molecular complexity index is 555. The van der Waals surface area contributed by atoms with Crippen LogP contribution in [0.2, 0.25) is 0 Å². The van der Waals surface area contributed by atoms with Crippen LogP contribution in [0.15, 0.2) is 42.5 Å². The quantitative estimate of drug-likeness (QED) is 0.881. The second-order valence-electron chi connectivity index (χ2n) is 4.38. The second-order valence-corrected chi connectivity index (χ2v) is 4.38. The van der Waals surface area contributed by atoms with Gasteiger partial charge in [-0.05, 0) is 23.8 Å². The van der Waals surface area contributed by atoms with E-state index in [1.807, 2.05) is 24.3 Å². The first-order chi connectivity index (χ1) is 9.74. The van der Waals surface area contributed by atoms with Crippen LogP contribution in [0.3, 0.4) is 0 Å². The molecule has 3 nitrogen and oxygen atoms in total. The first-order valence-electron chi connectivity index (χ1n) is 6.47. The third-order valence-electron chi connectivity index (χ3n) is 3.06. The SMILES string of the molecule is COc1ccc(CCOc2c(F)cccc2CN)cc1. The largest absolute Gasteiger partial charge is 0.497 e. The average molecular weight is 275 g/mol. The Morgan fingerprint density at radius 3 is 2.50 bits per heavy atom. The minimum Gasteiger partial charge on any atom is -0.497 e. The molecule has 20 heavy (non-hydrogen) atoms. The van der Waals surface area contributed by atoms with E-state index in [1.165, 1.54) is 6.07 Å². The molecule has 0 bridgehead atoms. The molecule has 0 saturated heterocycles. The predicted octanol–water partition coefficient (Wildman–Crippen LogP) is 2.91. The van der Waals surface area contributed by atoms with Crippen molar-refractivity contribution in [3.05, 3.63) is 59.4 Å². The van der Waals surface area contributed by atoms with E-state index in [0.29, 0.717) is 18.6 Å². The van der Waals surface area contributed by atoms with Crippen molar-refractivity contribution in [1.82, 2.24) is 0 Å². The van der Waals surface area contributed by atoms with Crippen LogP contribution in [0, 0.1) is 5.82 Å². The molecule has 0 heterocycles. The molecule has 2 rings (SSSR count). The van der Waals surface area contributed by atoms with Crippen molar-refractivity contribution in [2.45, 2.75) is 13.0 Å². The summed E-state index contributed by atoms with van der Waals surface area (Å²) in [7, 11) is 1.63. The highest BCUT2D eigenvalue weighted by Crippen LogP contribution is 2.22. The van der Waals surface area contributed by atoms with E-state index in [-0.39, 0.29) is 18.1 Å². The van der Waals surface area contributed by atoms with Crippen molar-refractivity contribution in [2.75, 3.05) is 13.7 Å². The van der Waals surface area contributed by atoms with Gasteiger partial charge in [-0.2, -0.15) is 0 Å². The number of para-hydroxylation sites is 1. The number of hydrogen-bond acceptors (Lipinski definition) is 3. The van der Waals surface area contributed by atoms with Gasteiger partial charge in [-0.25, -0.2) is 4.39 Å². The Labute approximate surface area is 118 Å². The maximum atomic E-state index is 13.7. The maximum Gasteiger partial charge on any atom is 0.165 e. The number of rotatable bonds is 6. The molecule has 0 radical (unpaired) electrons. The van der Waals surface area contributed by atoms with Crippen LogP contribution in [0.5, 0.6) is 11.5 Å². The zero-order chi connectivity index (χ0) is 14.4. The summed E-state index contributed by atoms with van der Waals surface area (Å²) < 4.78 is 24.3. The number of halogens is 1. The number of benzene rings is 2. The van der Waals surface area contributed by atoms with Crippen molar-refractivity contribution in [3.8, 4) is 11.5 Å². The Balaban J connectivity index is 1.95. The lowest BCUT2D eigenvalue weighted by molar-refractivity contribution is 0.302. The van der Waals surface area contributed by atoms with Crippen molar-refractivity contribution in [3.63, 3.8) is 0 Å². The molecule has 4 heteroatoms. The van der Waals surface area contributed by atoms with Crippen molar-refractivity contribution in [1.29, 1.82) is 0 Å². The number of hydrogen-bond donors (Lipinski definition) is 1. The summed E-state index contributed by atoms with van der Waals surface area (Å²) in [5.41, 5.74) is 7.36. The molecule has 0 aliphatic heterocycles. The molecule has 2 aromatic rings. The normalized spacial score (nSPS) is 10.3. The highest BCUT2D eigenvalue weighted by atomic mass is 19.1. The summed E-state index contributed by atoms with van der Waals surface area (Å²) in [6.45, 7) is 0.663. The van der Waals surface area contributed by atoms with Gasteiger partial charge in [0.15, 0.2) is 11.6 Å². The van der Waals surface area contributed by atoms with Gasteiger partial charge in [0.1, 0.15) is 5.75 Å². The van der Waals surface area contributed by atoms with E-state index in [0.717, 1.165) is 11.3 Å². The van der Waals surface area contributed by atoms with E-state index >= 15 is 0 Å². The zero-order valence-electron chi connectivity index (χ0n) is 11.4. The lowest BCUT2D eigenvalue weighted by atomic mass is 10.1. The van der Waals surface area contributed by atoms with Crippen LogP contribution < -0.4 is 15.2 Å². The molecule has 0 unspecified atom stereocenters. The van der Waals surface area contributed by atoms with Gasteiger partial charge in [-0.1, -0.05) is 24.3 Å². The van der Waals surface area contributed by atoms with Gasteiger partial charge in [0, 0.05) is 18.5 Å². The van der Waals surface area contributed by atoms with Gasteiger partial charge in [0.05, 0.1) is 13.7 Å². The highest BCUT2D eigenvalue weighted by molar-refractivity contribution is 5.35. The lowest BCUT2D eigenvalue weighted by Crippen LogP contribution is -2.07. The molecule has 0 amide bonds. The molecule has 2 N–H and O–H groups in total. The number of methoxy groups -OCH3 is 1. The molecule has 0 atom stereocenters. The summed E-state index contributed by atoms with van der Waals surface area (Å²) in [6, 6.07) is 12.5. The van der Waals surface area contributed by atoms with Crippen LogP contribution in [0.4, 0.5) is 4.39 Å². The van der Waals surface area contributed by atoms with Gasteiger partial charge < -0.3 is 15.2 Å². The van der Waals surface area contributed by atoms with Gasteiger partial charge in [-0.3, -0.25) is 0 Å². The maximum absolute atomic E-state index is 13.7. The number of nitrogens with two attached hydrogens (primary N) is 1. The van der Waals surface area contributed by atoms with Gasteiger partial charge in [0.2, 0.25) is 0 Å². The molecular formula is C16H18FNO2. The molecule has 0 fully saturated rings. The van der Waals surface area contributed by atoms with Gasteiger partial charge in [0.25, 0.3) is 0 Å². The summed E-state index contributed by atoms with van der Waals surface area (Å²) in [4.78, 5) is 0. The van der Waals surface area contributed by atoms with E-state index in [4.69, 9.17) is 15.2 Å². The molecule has 0 aliphatic rings. The van der Waals surface area contributed by atoms with Crippen LogP contribution in [-0.2, 0) is 13.0 Å². The summed E-state index contributed by atoms with van der Waals surface area (Å²) in [5, 5.41) is 0. The minimum absolute atomic E-state index is 0.253. The van der Waals surface area contributed by atoms with Crippen LogP contribution in [0.1, 0.15) is 11.1 Å². The van der Waals surface area contributed by atoms with Crippen LogP contribution in [-0.4, -0.2) is 13.7 Å². The van der Waals surface area contributed by atoms with E-state index in [1.54, 1.807) is 19.2 Å². The first kappa shape index (κ1) is 14.3. The Kier molecular flexibility index (Phi) is 4.96. The molecule has 0 spiro atoms. The second kappa shape index (κ2) is 6.91. The van der Waals surface area contributed by atoms with E-state index < -0.39 is 0 Å². The summed E-state index contributed by atoms with van der Waals surface area (Å²) in [5.74, 6) is 0.695. The monoisotopic (exact) mass is 275 g/mol. The van der Waals surface area contributed by atoms with Crippen LogP contribution >= 0.6 is 0 Å². The molecule has 2 aromatic carbocycles. The van der Waals surface area contributed by atoms with Crippen LogP contribution in [0.25, 0.3) is 0 Å². The molecule has 0 saturated carbocycles. The summed E-state index contributed by atoms with van der Waals surface area (Å²) >= 11 is 0. The standard InChI is InChI=1S/C16H18FNO2/c1-19-14-7-5-12(6-8-14)9-10-20-16-13(11-18)3-2-4-15(16)17/h2-8H,9-11,18H2,1H3. The Morgan fingerprint density at radius 2 is 1.85 bits per heavy atom. The van der Waals surface area contributed by atoms with Gasteiger partial charge in [-0.15, -0.1) is 0 Å². The third kappa shape index (κ3) is 3.48. The average Bonchev–Trinajstić information content (AvgIpc) is 2.49. The summed E-state index contributed by atoms with van der Waals surface area (Å²) in [6.07, 6.45) is 0.697. The molecule has 0 aromatic heterocycles. The van der Waals surface area contributed by atoms with E-state index in [2.05, 4.69) is 0 Å². The van der Waals surface area contributed by atoms with Crippen molar-refractivity contribution < 1.29 is 13.9 Å². The Morgan fingerprint density at radius 1 is 1.10 bits per heavy atom. The highest BCUT2D eigenvalue weighted by Gasteiger charge is 2.08. The van der Waals surface area contributed by atoms with Crippen molar-refractivity contribution >= 4 is 0 Å². The fourth-order valence-electron chi connectivity index (χ4n) is 1.94. The smallest absolute Gasteiger partial charge is 0.165 e. The first-order valence-corrected chi connectivity index (χ1v) is 6.47. The fourth-order valence-corrected chi connectivity index (χ4v) is 1.94. The van der Waals surface area contributed by atoms with Gasteiger partial charge >= 0.3 is 0 Å². The topological polar surface area (TPSA) is 44.5 Å². The molecule has 106 valence electrons. The van der Waals surface area contributed by atoms with E-state index in [9.17, 15) is 4.39 Å². The minimum atomic E-state index is -0.373. The number of ether oxygens (including phenoxy) is 2. The lowest BCUT2D eigenvalue weighted by Gasteiger charge is -2.11. The molecule has 0 aliphatic carbocycles. The zero-order valence-corrected chi connectivity index (χ0v) is 11.4.